The molecule has 0 aliphatic carbocycles. The minimum atomic E-state index is 0.0154. The lowest BCUT2D eigenvalue weighted by atomic mass is 10.0. The summed E-state index contributed by atoms with van der Waals surface area (Å²) in [4.78, 5) is 23.0. The first kappa shape index (κ1) is 15.5. The fraction of sp³-hybridized carbons (Fsp3) is 0.389. The summed E-state index contributed by atoms with van der Waals surface area (Å²) in [5.74, 6) is 1.02. The fourth-order valence-corrected chi connectivity index (χ4v) is 2.93. The highest BCUT2D eigenvalue weighted by Gasteiger charge is 2.22. The number of aromatic nitrogens is 2. The first-order chi connectivity index (χ1) is 11.1. The van der Waals surface area contributed by atoms with Crippen LogP contribution in [0.25, 0.3) is 0 Å². The third-order valence-corrected chi connectivity index (χ3v) is 4.31. The third-order valence-electron chi connectivity index (χ3n) is 4.31. The molecule has 0 atom stereocenters. The lowest BCUT2D eigenvalue weighted by molar-refractivity contribution is 0.0931. The van der Waals surface area contributed by atoms with Crippen LogP contribution in [0.15, 0.2) is 36.8 Å². The molecule has 120 valence electrons. The second-order valence-corrected chi connectivity index (χ2v) is 6.13. The number of aryl methyl sites for hydroxylation is 2. The average Bonchev–Trinajstić information content (AvgIpc) is 2.57. The zero-order valence-electron chi connectivity index (χ0n) is 13.6. The van der Waals surface area contributed by atoms with Crippen molar-refractivity contribution >= 4 is 11.7 Å². The summed E-state index contributed by atoms with van der Waals surface area (Å²) in [6.45, 7) is 5.85. The van der Waals surface area contributed by atoms with Gasteiger partial charge in [-0.25, -0.2) is 9.97 Å². The molecule has 1 N–H and O–H groups in total. The predicted octanol–water partition coefficient (Wildman–Crippen LogP) is 2.49. The Labute approximate surface area is 136 Å². The van der Waals surface area contributed by atoms with Crippen LogP contribution >= 0.6 is 0 Å². The molecular weight excluding hydrogens is 288 g/mol. The van der Waals surface area contributed by atoms with E-state index in [2.05, 4.69) is 20.2 Å². The van der Waals surface area contributed by atoms with Gasteiger partial charge in [-0.2, -0.15) is 0 Å². The summed E-state index contributed by atoms with van der Waals surface area (Å²) >= 11 is 0. The molecule has 1 fully saturated rings. The molecule has 0 unspecified atom stereocenters. The maximum absolute atomic E-state index is 12.3. The standard InChI is InChI=1S/C18H22N4O/c1-13-3-5-15(6-4-13)18(23)21-16-7-9-22(10-8-16)17-14(2)11-19-12-20-17/h3-6,11-12,16H,7-10H2,1-2H3,(H,21,23). The second-order valence-electron chi connectivity index (χ2n) is 6.13. The van der Waals surface area contributed by atoms with E-state index in [9.17, 15) is 4.79 Å². The van der Waals surface area contributed by atoms with Gasteiger partial charge < -0.3 is 10.2 Å². The van der Waals surface area contributed by atoms with Crippen molar-refractivity contribution in [2.24, 2.45) is 0 Å². The van der Waals surface area contributed by atoms with Crippen molar-refractivity contribution in [3.8, 4) is 0 Å². The number of hydrogen-bond acceptors (Lipinski definition) is 4. The van der Waals surface area contributed by atoms with Gasteiger partial charge in [0.2, 0.25) is 0 Å². The molecule has 3 rings (SSSR count). The highest BCUT2D eigenvalue weighted by atomic mass is 16.1. The maximum Gasteiger partial charge on any atom is 0.251 e. The van der Waals surface area contributed by atoms with Crippen molar-refractivity contribution in [2.75, 3.05) is 18.0 Å². The molecule has 5 heteroatoms. The van der Waals surface area contributed by atoms with Crippen LogP contribution in [0.3, 0.4) is 0 Å². The van der Waals surface area contributed by atoms with Gasteiger partial charge in [0, 0.05) is 36.5 Å². The number of nitrogens with one attached hydrogen (secondary N) is 1. The maximum atomic E-state index is 12.3. The second kappa shape index (κ2) is 6.77. The highest BCUT2D eigenvalue weighted by molar-refractivity contribution is 5.94. The Morgan fingerprint density at radius 3 is 2.52 bits per heavy atom. The molecule has 1 aromatic heterocycles. The van der Waals surface area contributed by atoms with E-state index in [0.29, 0.717) is 0 Å². The van der Waals surface area contributed by atoms with Crippen molar-refractivity contribution in [3.63, 3.8) is 0 Å². The topological polar surface area (TPSA) is 58.1 Å². The van der Waals surface area contributed by atoms with Crippen LogP contribution in [0.2, 0.25) is 0 Å². The number of amides is 1. The zero-order valence-corrected chi connectivity index (χ0v) is 13.6. The van der Waals surface area contributed by atoms with Gasteiger partial charge in [0.05, 0.1) is 0 Å². The van der Waals surface area contributed by atoms with Gasteiger partial charge in [-0.3, -0.25) is 4.79 Å². The summed E-state index contributed by atoms with van der Waals surface area (Å²) in [6, 6.07) is 7.92. The Bertz CT molecular complexity index is 676. The van der Waals surface area contributed by atoms with Crippen LogP contribution in [0.5, 0.6) is 0 Å². The molecule has 1 saturated heterocycles. The number of carbonyl (C=O) groups excluding carboxylic acids is 1. The van der Waals surface area contributed by atoms with Crippen LogP contribution in [0, 0.1) is 13.8 Å². The molecule has 1 aliphatic heterocycles. The zero-order chi connectivity index (χ0) is 16.2. The monoisotopic (exact) mass is 310 g/mol. The van der Waals surface area contributed by atoms with Gasteiger partial charge in [-0.15, -0.1) is 0 Å². The lowest BCUT2D eigenvalue weighted by Crippen LogP contribution is -2.45. The Hall–Kier alpha value is -2.43. The van der Waals surface area contributed by atoms with Crippen LogP contribution in [-0.4, -0.2) is 35.0 Å². The number of piperidine rings is 1. The molecule has 5 nitrogen and oxygen atoms in total. The predicted molar refractivity (Wildman–Crippen MR) is 90.6 cm³/mol. The first-order valence-corrected chi connectivity index (χ1v) is 8.02. The molecule has 1 aliphatic rings. The lowest BCUT2D eigenvalue weighted by Gasteiger charge is -2.33. The van der Waals surface area contributed by atoms with Crippen molar-refractivity contribution in [3.05, 3.63) is 53.5 Å². The van der Waals surface area contributed by atoms with E-state index in [4.69, 9.17) is 0 Å². The summed E-state index contributed by atoms with van der Waals surface area (Å²) < 4.78 is 0. The van der Waals surface area contributed by atoms with E-state index in [1.54, 1.807) is 6.33 Å². The number of anilines is 1. The van der Waals surface area contributed by atoms with E-state index in [-0.39, 0.29) is 11.9 Å². The van der Waals surface area contributed by atoms with E-state index in [1.807, 2.05) is 44.3 Å². The summed E-state index contributed by atoms with van der Waals surface area (Å²) in [7, 11) is 0. The van der Waals surface area contributed by atoms with Gasteiger partial charge in [-0.05, 0) is 38.8 Å². The number of nitrogens with zero attached hydrogens (tertiary/aromatic N) is 3. The molecule has 0 saturated carbocycles. The average molecular weight is 310 g/mol. The highest BCUT2D eigenvalue weighted by Crippen LogP contribution is 2.20. The van der Waals surface area contributed by atoms with Gasteiger partial charge in [0.25, 0.3) is 5.91 Å². The van der Waals surface area contributed by atoms with Gasteiger partial charge in [0.15, 0.2) is 0 Å². The summed E-state index contributed by atoms with van der Waals surface area (Å²) in [5, 5.41) is 3.14. The normalized spacial score (nSPS) is 15.5. The van der Waals surface area contributed by atoms with Crippen LogP contribution in [0.4, 0.5) is 5.82 Å². The van der Waals surface area contributed by atoms with Crippen LogP contribution < -0.4 is 10.2 Å². The number of benzene rings is 1. The van der Waals surface area contributed by atoms with E-state index >= 15 is 0 Å². The van der Waals surface area contributed by atoms with Crippen LogP contribution in [-0.2, 0) is 0 Å². The summed E-state index contributed by atoms with van der Waals surface area (Å²) in [5.41, 5.74) is 2.98. The van der Waals surface area contributed by atoms with Gasteiger partial charge in [0.1, 0.15) is 12.1 Å². The Kier molecular flexibility index (Phi) is 4.55. The number of carbonyl (C=O) groups is 1. The van der Waals surface area contributed by atoms with Crippen molar-refractivity contribution in [1.82, 2.24) is 15.3 Å². The third kappa shape index (κ3) is 3.67. The van der Waals surface area contributed by atoms with E-state index in [1.165, 1.54) is 0 Å². The largest absolute Gasteiger partial charge is 0.356 e. The molecule has 1 aromatic carbocycles. The van der Waals surface area contributed by atoms with Gasteiger partial charge >= 0.3 is 0 Å². The molecule has 0 spiro atoms. The Morgan fingerprint density at radius 2 is 1.87 bits per heavy atom. The molecule has 1 amide bonds. The minimum Gasteiger partial charge on any atom is -0.356 e. The van der Waals surface area contributed by atoms with Crippen molar-refractivity contribution in [1.29, 1.82) is 0 Å². The molecule has 0 radical (unpaired) electrons. The smallest absolute Gasteiger partial charge is 0.251 e. The van der Waals surface area contributed by atoms with E-state index in [0.717, 1.165) is 48.4 Å². The SMILES string of the molecule is Cc1ccc(C(=O)NC2CCN(c3ncncc3C)CC2)cc1. The fourth-order valence-electron chi connectivity index (χ4n) is 2.93. The van der Waals surface area contributed by atoms with Gasteiger partial charge in [-0.1, -0.05) is 17.7 Å². The number of hydrogen-bond donors (Lipinski definition) is 1. The number of rotatable bonds is 3. The Morgan fingerprint density at radius 1 is 1.17 bits per heavy atom. The molecule has 23 heavy (non-hydrogen) atoms. The summed E-state index contributed by atoms with van der Waals surface area (Å²) in [6.07, 6.45) is 5.29. The molecular formula is C18H22N4O. The molecule has 2 heterocycles. The minimum absolute atomic E-state index is 0.0154. The molecule has 0 bridgehead atoms. The Balaban J connectivity index is 1.56. The first-order valence-electron chi connectivity index (χ1n) is 8.02. The van der Waals surface area contributed by atoms with Crippen molar-refractivity contribution in [2.45, 2.75) is 32.7 Å². The quantitative estimate of drug-likeness (QED) is 0.946. The van der Waals surface area contributed by atoms with Crippen LogP contribution in [0.1, 0.15) is 34.3 Å². The van der Waals surface area contributed by atoms with E-state index < -0.39 is 0 Å². The molecule has 2 aromatic rings. The van der Waals surface area contributed by atoms with Crippen molar-refractivity contribution < 1.29 is 4.79 Å².